The van der Waals surface area contributed by atoms with Gasteiger partial charge >= 0.3 is 92.7 Å². The predicted molar refractivity (Wildman–Crippen MR) is 30.5 cm³/mol. The number of hydrogen-bond donors (Lipinski definition) is 0. The van der Waals surface area contributed by atoms with Gasteiger partial charge in [0.1, 0.15) is 0 Å². The SMILES string of the molecule is O=C([O-])[O-].O=[Si+2].[Al+3].[Ca+2].[Mg+2].[O-2].[O-2]. The largest absolute Gasteiger partial charge is 3.00 e. The zero-order valence-corrected chi connectivity index (χ0v) is 11.2. The molecule has 6 nitrogen and oxygen atoms in total. The van der Waals surface area contributed by atoms with Crippen molar-refractivity contribution in [3.05, 3.63) is 0 Å². The van der Waals surface area contributed by atoms with Crippen molar-refractivity contribution >= 4 is 94.4 Å². The Bertz CT molecular complexity index is 53.8. The van der Waals surface area contributed by atoms with Gasteiger partial charge in [0.25, 0.3) is 0 Å². The first-order valence-corrected chi connectivity index (χ1v) is 1.22. The first kappa shape index (κ1) is 53.2. The molecular weight excluding hydrogens is 227 g/mol. The molecule has 0 aliphatic heterocycles. The second-order valence-electron chi connectivity index (χ2n) is 0.250. The Morgan fingerprint density at radius 2 is 1.09 bits per heavy atom. The average molecular weight is 227 g/mol. The van der Waals surface area contributed by atoms with E-state index in [9.17, 15) is 0 Å². The van der Waals surface area contributed by atoms with Gasteiger partial charge in [-0.1, -0.05) is 0 Å². The van der Waals surface area contributed by atoms with Crippen molar-refractivity contribution in [2.45, 2.75) is 0 Å². The van der Waals surface area contributed by atoms with E-state index in [1.807, 2.05) is 0 Å². The molecule has 0 aliphatic carbocycles. The molecular formula is CAlCaMgO6Si+3. The van der Waals surface area contributed by atoms with E-state index < -0.39 is 6.16 Å². The summed E-state index contributed by atoms with van der Waals surface area (Å²) in [7, 11) is 1.72. The van der Waals surface area contributed by atoms with Crippen molar-refractivity contribution in [1.82, 2.24) is 0 Å². The standard InChI is InChI=1S/CH2O3.Al.Ca.Mg.OSi.2O/c2-1(3)4;;;;1-2;;/h(H2,2,3,4);;;;;;/q;+3;3*+2;2*-2/p-2. The molecule has 0 atom stereocenters. The molecule has 10 heteroatoms. The van der Waals surface area contributed by atoms with Gasteiger partial charge in [0, 0.05) is 0 Å². The monoisotopic (exact) mass is 227 g/mol. The van der Waals surface area contributed by atoms with E-state index >= 15 is 0 Å². The van der Waals surface area contributed by atoms with Crippen LogP contribution >= 0.6 is 0 Å². The van der Waals surface area contributed by atoms with Gasteiger partial charge in [-0.25, -0.2) is 0 Å². The summed E-state index contributed by atoms with van der Waals surface area (Å²) in [5.41, 5.74) is 0. The molecule has 0 unspecified atom stereocenters. The second kappa shape index (κ2) is 60.0. The molecule has 0 N–H and O–H groups in total. The fraction of sp³-hybridized carbons (Fsp3) is 0. The molecule has 0 aromatic carbocycles. The number of carboxylic acid groups (broad SMARTS) is 2. The van der Waals surface area contributed by atoms with Crippen LogP contribution in [0.3, 0.4) is 0 Å². The Morgan fingerprint density at radius 3 is 1.09 bits per heavy atom. The summed E-state index contributed by atoms with van der Waals surface area (Å²) in [6.07, 6.45) is -2.33. The van der Waals surface area contributed by atoms with Gasteiger partial charge in [-0.15, -0.1) is 0 Å². The van der Waals surface area contributed by atoms with E-state index in [0.717, 1.165) is 0 Å². The van der Waals surface area contributed by atoms with Gasteiger partial charge in [0.2, 0.25) is 0 Å². The molecule has 0 aliphatic rings. The fourth-order valence-electron chi connectivity index (χ4n) is 0. The maximum atomic E-state index is 8.33. The molecule has 0 amide bonds. The first-order chi connectivity index (χ1) is 2.73. The van der Waals surface area contributed by atoms with Crippen LogP contribution in [0, 0.1) is 0 Å². The fourth-order valence-corrected chi connectivity index (χ4v) is 0. The van der Waals surface area contributed by atoms with Crippen molar-refractivity contribution in [3.8, 4) is 0 Å². The molecule has 0 fully saturated rings. The minimum absolute atomic E-state index is 0. The van der Waals surface area contributed by atoms with Crippen LogP contribution in [0.25, 0.3) is 0 Å². The molecule has 0 spiro atoms. The van der Waals surface area contributed by atoms with E-state index in [1.165, 1.54) is 0 Å². The van der Waals surface area contributed by atoms with Crippen LogP contribution in [-0.2, 0) is 15.4 Å². The van der Waals surface area contributed by atoms with Gasteiger partial charge in [-0.2, -0.15) is 0 Å². The molecule has 0 aromatic rings. The Kier molecular flexibility index (Phi) is 290. The van der Waals surface area contributed by atoms with Crippen LogP contribution in [0.15, 0.2) is 0 Å². The number of hydrogen-bond acceptors (Lipinski definition) is 4. The molecule has 0 heterocycles. The van der Waals surface area contributed by atoms with E-state index in [2.05, 4.69) is 0 Å². The van der Waals surface area contributed by atoms with Crippen LogP contribution in [0.5, 0.6) is 0 Å². The van der Waals surface area contributed by atoms with Crippen molar-refractivity contribution in [1.29, 1.82) is 0 Å². The first-order valence-electron chi connectivity index (χ1n) is 0.816. The predicted octanol–water partition coefficient (Wildman–Crippen LogP) is -4.33. The average Bonchev–Trinajstić information content (AvgIpc) is 1.41. The van der Waals surface area contributed by atoms with Crippen LogP contribution < -0.4 is 10.2 Å². The van der Waals surface area contributed by atoms with Gasteiger partial charge < -0.3 is 26.0 Å². The summed E-state index contributed by atoms with van der Waals surface area (Å²) < 4.78 is 8.06. The summed E-state index contributed by atoms with van der Waals surface area (Å²) in [5, 5.41) is 16.7. The molecule has 0 saturated carbocycles. The second-order valence-corrected chi connectivity index (χ2v) is 0.250. The number of carbonyl (C=O) groups excluding carboxylic acids is 1. The Hall–Kier alpha value is 1.77. The van der Waals surface area contributed by atoms with Gasteiger partial charge in [0.05, 0.1) is 0 Å². The van der Waals surface area contributed by atoms with Gasteiger partial charge in [0.15, 0.2) is 0 Å². The minimum atomic E-state index is -2.33. The summed E-state index contributed by atoms with van der Waals surface area (Å²) in [6.45, 7) is 0. The van der Waals surface area contributed by atoms with Crippen LogP contribution in [0.2, 0.25) is 0 Å². The van der Waals surface area contributed by atoms with E-state index in [-0.39, 0.29) is 89.1 Å². The zero-order chi connectivity index (χ0) is 5.58. The Morgan fingerprint density at radius 1 is 1.09 bits per heavy atom. The normalized spacial score (nSPS) is 2.73. The molecule has 0 radical (unpaired) electrons. The van der Waals surface area contributed by atoms with Crippen molar-refractivity contribution in [2.24, 2.45) is 0 Å². The molecule has 0 bridgehead atoms. The summed E-state index contributed by atoms with van der Waals surface area (Å²) in [5.74, 6) is 0. The third kappa shape index (κ3) is 360. The Balaban J connectivity index is -0.00000000432. The van der Waals surface area contributed by atoms with Gasteiger partial charge in [-0.3, -0.25) is 0 Å². The Labute approximate surface area is 123 Å². The van der Waals surface area contributed by atoms with Gasteiger partial charge in [-0.05, 0) is 6.16 Å². The van der Waals surface area contributed by atoms with Crippen LogP contribution in [0.4, 0.5) is 4.79 Å². The molecule has 48 valence electrons. The summed E-state index contributed by atoms with van der Waals surface area (Å²) >= 11 is 0. The maximum absolute atomic E-state index is 8.33. The third-order valence-corrected chi connectivity index (χ3v) is 0. The molecule has 0 rings (SSSR count). The molecule has 11 heavy (non-hydrogen) atoms. The molecule has 0 saturated heterocycles. The van der Waals surface area contributed by atoms with Crippen molar-refractivity contribution in [3.63, 3.8) is 0 Å². The topological polar surface area (TPSA) is 137 Å². The van der Waals surface area contributed by atoms with Crippen molar-refractivity contribution < 1.29 is 30.4 Å². The van der Waals surface area contributed by atoms with E-state index in [4.69, 9.17) is 19.5 Å². The smallest absolute Gasteiger partial charge is 2.00 e. The third-order valence-electron chi connectivity index (χ3n) is 0. The summed E-state index contributed by atoms with van der Waals surface area (Å²) in [4.78, 5) is 8.33. The van der Waals surface area contributed by atoms with Crippen LogP contribution in [-0.4, -0.2) is 94.4 Å². The quantitative estimate of drug-likeness (QED) is 0.386. The zero-order valence-electron chi connectivity index (χ0n) is 5.44. The summed E-state index contributed by atoms with van der Waals surface area (Å²) in [6, 6.07) is 0. The molecule has 0 aromatic heterocycles. The number of rotatable bonds is 0. The van der Waals surface area contributed by atoms with Crippen LogP contribution in [0.1, 0.15) is 0 Å². The van der Waals surface area contributed by atoms with E-state index in [0.29, 0.717) is 0 Å². The maximum Gasteiger partial charge on any atom is 3.00 e. The van der Waals surface area contributed by atoms with Crippen molar-refractivity contribution in [2.75, 3.05) is 0 Å². The number of carbonyl (C=O) groups is 1. The van der Waals surface area contributed by atoms with E-state index in [1.54, 1.807) is 10.1 Å². The minimum Gasteiger partial charge on any atom is -2.00 e.